The topological polar surface area (TPSA) is 42.2 Å². The van der Waals surface area contributed by atoms with E-state index in [1.807, 2.05) is 37.3 Å². The maximum Gasteiger partial charge on any atom is 0.195 e. The van der Waals surface area contributed by atoms with E-state index in [1.165, 1.54) is 0 Å². The Morgan fingerprint density at radius 2 is 1.79 bits per heavy atom. The third-order valence-electron chi connectivity index (χ3n) is 4.53. The van der Waals surface area contributed by atoms with E-state index >= 15 is 0 Å². The Labute approximate surface area is 142 Å². The first-order valence-corrected chi connectivity index (χ1v) is 8.43. The average molecular weight is 321 g/mol. The molecule has 0 spiro atoms. The van der Waals surface area contributed by atoms with Crippen molar-refractivity contribution >= 4 is 16.7 Å². The molecule has 0 aliphatic carbocycles. The fourth-order valence-corrected chi connectivity index (χ4v) is 3.29. The van der Waals surface area contributed by atoms with Crippen LogP contribution in [0.3, 0.4) is 0 Å². The summed E-state index contributed by atoms with van der Waals surface area (Å²) in [4.78, 5) is 13.1. The van der Waals surface area contributed by atoms with E-state index in [1.54, 1.807) is 0 Å². The summed E-state index contributed by atoms with van der Waals surface area (Å²) in [5.41, 5.74) is 4.76. The Bertz CT molecular complexity index is 862. The van der Waals surface area contributed by atoms with E-state index in [0.717, 1.165) is 52.7 Å². The molecule has 2 aromatic carbocycles. The third kappa shape index (κ3) is 3.00. The average Bonchev–Trinajstić information content (AvgIpc) is 2.86. The second-order valence-corrected chi connectivity index (χ2v) is 6.26. The zero-order valence-electron chi connectivity index (χ0n) is 14.2. The molecular weight excluding hydrogens is 298 g/mol. The second-order valence-electron chi connectivity index (χ2n) is 6.26. The van der Waals surface area contributed by atoms with Crippen LogP contribution in [0.2, 0.25) is 0 Å². The SMILES string of the molecule is Cc1ccc2c(c1)c(C(=O)c1ccccc1)c(C)n2CCCCO. The number of nitrogens with zero attached hydrogens (tertiary/aromatic N) is 1. The van der Waals surface area contributed by atoms with Gasteiger partial charge in [0.15, 0.2) is 5.78 Å². The lowest BCUT2D eigenvalue weighted by Gasteiger charge is -2.08. The van der Waals surface area contributed by atoms with Gasteiger partial charge in [-0.2, -0.15) is 0 Å². The van der Waals surface area contributed by atoms with Crippen LogP contribution in [0.5, 0.6) is 0 Å². The van der Waals surface area contributed by atoms with Gasteiger partial charge in [0.25, 0.3) is 0 Å². The van der Waals surface area contributed by atoms with E-state index in [2.05, 4.69) is 29.7 Å². The molecule has 0 amide bonds. The number of hydrogen-bond donors (Lipinski definition) is 1. The van der Waals surface area contributed by atoms with Crippen LogP contribution >= 0.6 is 0 Å². The van der Waals surface area contributed by atoms with Gasteiger partial charge in [-0.3, -0.25) is 4.79 Å². The lowest BCUT2D eigenvalue weighted by molar-refractivity contribution is 0.103. The Balaban J connectivity index is 2.14. The van der Waals surface area contributed by atoms with Crippen molar-refractivity contribution in [2.24, 2.45) is 0 Å². The van der Waals surface area contributed by atoms with Crippen LogP contribution in [0.1, 0.15) is 40.0 Å². The van der Waals surface area contributed by atoms with E-state index in [9.17, 15) is 4.79 Å². The highest BCUT2D eigenvalue weighted by molar-refractivity contribution is 6.17. The van der Waals surface area contributed by atoms with Crippen LogP contribution in [0.25, 0.3) is 10.9 Å². The summed E-state index contributed by atoms with van der Waals surface area (Å²) in [5.74, 6) is 0.0737. The Morgan fingerprint density at radius 3 is 2.50 bits per heavy atom. The van der Waals surface area contributed by atoms with Crippen molar-refractivity contribution in [1.29, 1.82) is 0 Å². The van der Waals surface area contributed by atoms with Gasteiger partial charge in [-0.25, -0.2) is 0 Å². The molecule has 0 radical (unpaired) electrons. The lowest BCUT2D eigenvalue weighted by Crippen LogP contribution is -2.06. The largest absolute Gasteiger partial charge is 0.396 e. The number of aliphatic hydroxyl groups excluding tert-OH is 1. The monoisotopic (exact) mass is 321 g/mol. The maximum atomic E-state index is 13.1. The van der Waals surface area contributed by atoms with Gasteiger partial charge >= 0.3 is 0 Å². The summed E-state index contributed by atoms with van der Waals surface area (Å²) in [6, 6.07) is 15.7. The van der Waals surface area contributed by atoms with Gasteiger partial charge < -0.3 is 9.67 Å². The first-order chi connectivity index (χ1) is 11.6. The number of aromatic nitrogens is 1. The number of aliphatic hydroxyl groups is 1. The quantitative estimate of drug-likeness (QED) is 0.544. The molecule has 3 aromatic rings. The fourth-order valence-electron chi connectivity index (χ4n) is 3.29. The minimum Gasteiger partial charge on any atom is -0.396 e. The number of rotatable bonds is 6. The smallest absolute Gasteiger partial charge is 0.195 e. The van der Waals surface area contributed by atoms with Crippen molar-refractivity contribution in [3.8, 4) is 0 Å². The predicted molar refractivity (Wildman–Crippen MR) is 97.6 cm³/mol. The molecule has 0 saturated heterocycles. The molecular formula is C21H23NO2. The number of carbonyl (C=O) groups is 1. The molecule has 0 bridgehead atoms. The highest BCUT2D eigenvalue weighted by Crippen LogP contribution is 2.29. The summed E-state index contributed by atoms with van der Waals surface area (Å²) in [5, 5.41) is 10.1. The first-order valence-electron chi connectivity index (χ1n) is 8.43. The number of unbranched alkanes of at least 4 members (excludes halogenated alkanes) is 1. The molecule has 0 saturated carbocycles. The van der Waals surface area contributed by atoms with Gasteiger partial charge in [0.2, 0.25) is 0 Å². The summed E-state index contributed by atoms with van der Waals surface area (Å²) in [6.07, 6.45) is 1.67. The van der Waals surface area contributed by atoms with E-state index in [4.69, 9.17) is 5.11 Å². The zero-order valence-corrected chi connectivity index (χ0v) is 14.2. The van der Waals surface area contributed by atoms with Gasteiger partial charge in [0, 0.05) is 35.3 Å². The molecule has 3 heteroatoms. The highest BCUT2D eigenvalue weighted by Gasteiger charge is 2.20. The number of ketones is 1. The van der Waals surface area contributed by atoms with Crippen LogP contribution in [-0.2, 0) is 6.54 Å². The number of benzene rings is 2. The summed E-state index contributed by atoms with van der Waals surface area (Å²) < 4.78 is 2.21. The molecule has 0 aliphatic rings. The van der Waals surface area contributed by atoms with Crippen molar-refractivity contribution in [3.05, 3.63) is 70.9 Å². The number of fused-ring (bicyclic) bond motifs is 1. The molecule has 0 unspecified atom stereocenters. The van der Waals surface area contributed by atoms with Crippen molar-refractivity contribution in [1.82, 2.24) is 4.57 Å². The van der Waals surface area contributed by atoms with E-state index in [-0.39, 0.29) is 12.4 Å². The van der Waals surface area contributed by atoms with Crippen molar-refractivity contribution in [3.63, 3.8) is 0 Å². The third-order valence-corrected chi connectivity index (χ3v) is 4.53. The van der Waals surface area contributed by atoms with Crippen LogP contribution < -0.4 is 0 Å². The standard InChI is InChI=1S/C21H23NO2/c1-15-10-11-19-18(14-15)20(16(2)22(19)12-6-7-13-23)21(24)17-8-4-3-5-9-17/h3-5,8-11,14,23H,6-7,12-13H2,1-2H3. The van der Waals surface area contributed by atoms with Crippen LogP contribution in [0.15, 0.2) is 48.5 Å². The molecule has 0 aliphatic heterocycles. The first kappa shape index (κ1) is 16.5. The van der Waals surface area contributed by atoms with Gasteiger partial charge in [0.1, 0.15) is 0 Å². The number of carbonyl (C=O) groups excluding carboxylic acids is 1. The molecule has 1 N–H and O–H groups in total. The second kappa shape index (κ2) is 7.02. The predicted octanol–water partition coefficient (Wildman–Crippen LogP) is 4.26. The summed E-state index contributed by atoms with van der Waals surface area (Å²) in [6.45, 7) is 5.08. The van der Waals surface area contributed by atoms with E-state index < -0.39 is 0 Å². The minimum absolute atomic E-state index is 0.0737. The van der Waals surface area contributed by atoms with Gasteiger partial charge in [-0.1, -0.05) is 42.0 Å². The minimum atomic E-state index is 0.0737. The van der Waals surface area contributed by atoms with Crippen LogP contribution in [-0.4, -0.2) is 22.1 Å². The normalized spacial score (nSPS) is 11.1. The number of hydrogen-bond acceptors (Lipinski definition) is 2. The summed E-state index contributed by atoms with van der Waals surface area (Å²) in [7, 11) is 0. The molecule has 0 atom stereocenters. The molecule has 1 heterocycles. The molecule has 124 valence electrons. The Kier molecular flexibility index (Phi) is 4.81. The molecule has 24 heavy (non-hydrogen) atoms. The highest BCUT2D eigenvalue weighted by atomic mass is 16.2. The van der Waals surface area contributed by atoms with Gasteiger partial charge in [0.05, 0.1) is 5.56 Å². The Morgan fingerprint density at radius 1 is 1.04 bits per heavy atom. The van der Waals surface area contributed by atoms with Crippen LogP contribution in [0, 0.1) is 13.8 Å². The maximum absolute atomic E-state index is 13.1. The van der Waals surface area contributed by atoms with E-state index in [0.29, 0.717) is 0 Å². The number of aryl methyl sites for hydroxylation is 2. The summed E-state index contributed by atoms with van der Waals surface area (Å²) >= 11 is 0. The van der Waals surface area contributed by atoms with Gasteiger partial charge in [-0.15, -0.1) is 0 Å². The van der Waals surface area contributed by atoms with Crippen molar-refractivity contribution in [2.45, 2.75) is 33.2 Å². The van der Waals surface area contributed by atoms with Gasteiger partial charge in [-0.05, 0) is 38.8 Å². The van der Waals surface area contributed by atoms with Crippen molar-refractivity contribution < 1.29 is 9.90 Å². The Hall–Kier alpha value is -2.39. The molecule has 1 aromatic heterocycles. The molecule has 3 nitrogen and oxygen atoms in total. The molecule has 0 fully saturated rings. The van der Waals surface area contributed by atoms with Crippen molar-refractivity contribution in [2.75, 3.05) is 6.61 Å². The fraction of sp³-hybridized carbons (Fsp3) is 0.286. The lowest BCUT2D eigenvalue weighted by atomic mass is 10.00. The molecule has 3 rings (SSSR count). The zero-order chi connectivity index (χ0) is 17.1. The van der Waals surface area contributed by atoms with Crippen LogP contribution in [0.4, 0.5) is 0 Å².